The first-order valence-electron chi connectivity index (χ1n) is 7.59. The maximum atomic E-state index is 6.17. The third-order valence-corrected chi connectivity index (χ3v) is 4.31. The largest absolute Gasteiger partial charge is 0.367 e. The summed E-state index contributed by atoms with van der Waals surface area (Å²) in [5, 5.41) is 4.21. The SMILES string of the molecule is CCNCc1cc(Cl)ccc1N1CCc2ccccc2C1. The van der Waals surface area contributed by atoms with E-state index in [0.29, 0.717) is 0 Å². The van der Waals surface area contributed by atoms with E-state index in [1.54, 1.807) is 0 Å². The fraction of sp³-hybridized carbons (Fsp3) is 0.333. The molecule has 2 aromatic rings. The van der Waals surface area contributed by atoms with Crippen LogP contribution in [0.4, 0.5) is 5.69 Å². The van der Waals surface area contributed by atoms with Gasteiger partial charge in [0.1, 0.15) is 0 Å². The van der Waals surface area contributed by atoms with Gasteiger partial charge in [-0.05, 0) is 47.9 Å². The summed E-state index contributed by atoms with van der Waals surface area (Å²) in [4.78, 5) is 2.46. The van der Waals surface area contributed by atoms with Gasteiger partial charge in [0, 0.05) is 30.3 Å². The smallest absolute Gasteiger partial charge is 0.0432 e. The van der Waals surface area contributed by atoms with Crippen molar-refractivity contribution in [3.8, 4) is 0 Å². The zero-order valence-corrected chi connectivity index (χ0v) is 13.2. The molecule has 0 aromatic heterocycles. The monoisotopic (exact) mass is 300 g/mol. The molecule has 2 nitrogen and oxygen atoms in total. The molecule has 3 rings (SSSR count). The Morgan fingerprint density at radius 1 is 1.14 bits per heavy atom. The molecule has 2 aromatic carbocycles. The Morgan fingerprint density at radius 2 is 1.95 bits per heavy atom. The van der Waals surface area contributed by atoms with Gasteiger partial charge in [-0.25, -0.2) is 0 Å². The summed E-state index contributed by atoms with van der Waals surface area (Å²) < 4.78 is 0. The standard InChI is InChI=1S/C18H21ClN2/c1-2-20-12-16-11-17(19)7-8-18(16)21-10-9-14-5-3-4-6-15(14)13-21/h3-8,11,20H,2,9-10,12-13H2,1H3. The Balaban J connectivity index is 1.87. The molecule has 1 N–H and O–H groups in total. The molecule has 0 unspecified atom stereocenters. The van der Waals surface area contributed by atoms with Crippen LogP contribution in [0.2, 0.25) is 5.02 Å². The van der Waals surface area contributed by atoms with Crippen LogP contribution in [0, 0.1) is 0 Å². The highest BCUT2D eigenvalue weighted by molar-refractivity contribution is 6.30. The summed E-state index contributed by atoms with van der Waals surface area (Å²) in [6, 6.07) is 15.0. The number of halogens is 1. The van der Waals surface area contributed by atoms with Gasteiger partial charge in [-0.1, -0.05) is 42.8 Å². The first-order valence-corrected chi connectivity index (χ1v) is 7.96. The second kappa shape index (κ2) is 6.50. The topological polar surface area (TPSA) is 15.3 Å². The van der Waals surface area contributed by atoms with Crippen LogP contribution in [0.3, 0.4) is 0 Å². The average molecular weight is 301 g/mol. The van der Waals surface area contributed by atoms with Crippen molar-refractivity contribution >= 4 is 17.3 Å². The summed E-state index contributed by atoms with van der Waals surface area (Å²) >= 11 is 6.17. The molecule has 0 saturated heterocycles. The lowest BCUT2D eigenvalue weighted by Gasteiger charge is -2.32. The highest BCUT2D eigenvalue weighted by Crippen LogP contribution is 2.29. The van der Waals surface area contributed by atoms with Gasteiger partial charge in [-0.2, -0.15) is 0 Å². The number of anilines is 1. The molecule has 110 valence electrons. The third kappa shape index (κ3) is 3.22. The lowest BCUT2D eigenvalue weighted by molar-refractivity contribution is 0.700. The highest BCUT2D eigenvalue weighted by Gasteiger charge is 2.18. The summed E-state index contributed by atoms with van der Waals surface area (Å²) in [5.74, 6) is 0. The van der Waals surface area contributed by atoms with Crippen molar-refractivity contribution in [3.63, 3.8) is 0 Å². The zero-order chi connectivity index (χ0) is 14.7. The summed E-state index contributed by atoms with van der Waals surface area (Å²) in [7, 11) is 0. The van der Waals surface area contributed by atoms with Gasteiger partial charge in [-0.15, -0.1) is 0 Å². The molecule has 0 fully saturated rings. The van der Waals surface area contributed by atoms with E-state index >= 15 is 0 Å². The normalized spacial score (nSPS) is 14.1. The molecule has 0 atom stereocenters. The van der Waals surface area contributed by atoms with Crippen LogP contribution in [0.1, 0.15) is 23.6 Å². The van der Waals surface area contributed by atoms with Gasteiger partial charge in [0.15, 0.2) is 0 Å². The van der Waals surface area contributed by atoms with E-state index in [9.17, 15) is 0 Å². The Labute approximate surface area is 131 Å². The van der Waals surface area contributed by atoms with E-state index in [0.717, 1.165) is 37.6 Å². The van der Waals surface area contributed by atoms with E-state index in [2.05, 4.69) is 53.5 Å². The number of hydrogen-bond donors (Lipinski definition) is 1. The van der Waals surface area contributed by atoms with Crippen molar-refractivity contribution in [2.24, 2.45) is 0 Å². The van der Waals surface area contributed by atoms with Gasteiger partial charge >= 0.3 is 0 Å². The number of benzene rings is 2. The van der Waals surface area contributed by atoms with E-state index < -0.39 is 0 Å². The molecular formula is C18H21ClN2. The van der Waals surface area contributed by atoms with Gasteiger partial charge in [0.25, 0.3) is 0 Å². The van der Waals surface area contributed by atoms with E-state index in [4.69, 9.17) is 11.6 Å². The molecule has 0 bridgehead atoms. The Bertz CT molecular complexity index is 624. The number of rotatable bonds is 4. The van der Waals surface area contributed by atoms with E-state index in [-0.39, 0.29) is 0 Å². The molecule has 0 amide bonds. The summed E-state index contributed by atoms with van der Waals surface area (Å²) in [6.07, 6.45) is 1.11. The number of nitrogens with one attached hydrogen (secondary N) is 1. The van der Waals surface area contributed by atoms with Crippen molar-refractivity contribution < 1.29 is 0 Å². The molecule has 0 spiro atoms. The van der Waals surface area contributed by atoms with Gasteiger partial charge in [0.05, 0.1) is 0 Å². The van der Waals surface area contributed by atoms with Crippen molar-refractivity contribution in [3.05, 3.63) is 64.2 Å². The van der Waals surface area contributed by atoms with E-state index in [1.807, 2.05) is 6.07 Å². The molecular weight excluding hydrogens is 280 g/mol. The molecule has 0 aliphatic carbocycles. The molecule has 21 heavy (non-hydrogen) atoms. The first-order chi connectivity index (χ1) is 10.3. The first kappa shape index (κ1) is 14.4. The van der Waals surface area contributed by atoms with Crippen LogP contribution in [0.15, 0.2) is 42.5 Å². The fourth-order valence-electron chi connectivity index (χ4n) is 2.97. The maximum Gasteiger partial charge on any atom is 0.0432 e. The van der Waals surface area contributed by atoms with Crippen LogP contribution in [-0.4, -0.2) is 13.1 Å². The lowest BCUT2D eigenvalue weighted by Crippen LogP contribution is -2.31. The van der Waals surface area contributed by atoms with Crippen LogP contribution in [0.25, 0.3) is 0 Å². The Hall–Kier alpha value is -1.51. The molecule has 0 radical (unpaired) electrons. The quantitative estimate of drug-likeness (QED) is 0.918. The van der Waals surface area contributed by atoms with Crippen molar-refractivity contribution in [1.29, 1.82) is 0 Å². The van der Waals surface area contributed by atoms with Crippen molar-refractivity contribution in [2.75, 3.05) is 18.0 Å². The fourth-order valence-corrected chi connectivity index (χ4v) is 3.16. The minimum absolute atomic E-state index is 0.809. The van der Waals surface area contributed by atoms with Crippen LogP contribution in [0.5, 0.6) is 0 Å². The minimum atomic E-state index is 0.809. The Kier molecular flexibility index (Phi) is 4.47. The van der Waals surface area contributed by atoms with Crippen molar-refractivity contribution in [2.45, 2.75) is 26.4 Å². The summed E-state index contributed by atoms with van der Waals surface area (Å²) in [6.45, 7) is 6.01. The Morgan fingerprint density at radius 3 is 2.76 bits per heavy atom. The van der Waals surface area contributed by atoms with Crippen LogP contribution in [-0.2, 0) is 19.5 Å². The lowest BCUT2D eigenvalue weighted by atomic mass is 9.98. The maximum absolute atomic E-state index is 6.17. The number of nitrogens with zero attached hydrogens (tertiary/aromatic N) is 1. The number of hydrogen-bond acceptors (Lipinski definition) is 2. The zero-order valence-electron chi connectivity index (χ0n) is 12.4. The molecule has 1 heterocycles. The minimum Gasteiger partial charge on any atom is -0.367 e. The second-order valence-electron chi connectivity index (χ2n) is 5.49. The van der Waals surface area contributed by atoms with Crippen LogP contribution < -0.4 is 10.2 Å². The average Bonchev–Trinajstić information content (AvgIpc) is 2.52. The second-order valence-corrected chi connectivity index (χ2v) is 5.93. The predicted molar refractivity (Wildman–Crippen MR) is 90.0 cm³/mol. The van der Waals surface area contributed by atoms with Crippen LogP contribution >= 0.6 is 11.6 Å². The van der Waals surface area contributed by atoms with Crippen molar-refractivity contribution in [1.82, 2.24) is 5.32 Å². The number of fused-ring (bicyclic) bond motifs is 1. The van der Waals surface area contributed by atoms with Gasteiger partial charge in [0.2, 0.25) is 0 Å². The third-order valence-electron chi connectivity index (χ3n) is 4.08. The predicted octanol–water partition coefficient (Wildman–Crippen LogP) is 4.01. The molecule has 0 saturated carbocycles. The molecule has 3 heteroatoms. The molecule has 1 aliphatic heterocycles. The van der Waals surface area contributed by atoms with E-state index in [1.165, 1.54) is 22.4 Å². The summed E-state index contributed by atoms with van der Waals surface area (Å²) in [5.41, 5.74) is 5.50. The van der Waals surface area contributed by atoms with Gasteiger partial charge in [-0.3, -0.25) is 0 Å². The molecule has 1 aliphatic rings. The van der Waals surface area contributed by atoms with Gasteiger partial charge < -0.3 is 10.2 Å². The highest BCUT2D eigenvalue weighted by atomic mass is 35.5.